The molecule has 0 atom stereocenters. The molecule has 0 saturated carbocycles. The van der Waals surface area contributed by atoms with Crippen molar-refractivity contribution in [2.75, 3.05) is 28.4 Å². The van der Waals surface area contributed by atoms with Gasteiger partial charge in [-0.2, -0.15) is 0 Å². The van der Waals surface area contributed by atoms with Crippen molar-refractivity contribution in [1.29, 1.82) is 0 Å². The molecule has 0 fully saturated rings. The molecule has 2 aromatic rings. The molecule has 0 aliphatic carbocycles. The molecule has 2 aromatic carbocycles. The van der Waals surface area contributed by atoms with Crippen molar-refractivity contribution in [2.24, 2.45) is 0 Å². The van der Waals surface area contributed by atoms with Gasteiger partial charge in [-0.1, -0.05) is 6.07 Å². The number of rotatable bonds is 8. The fourth-order valence-corrected chi connectivity index (χ4v) is 2.58. The van der Waals surface area contributed by atoms with Crippen LogP contribution in [0, 0.1) is 15.9 Å². The number of halogens is 1. The van der Waals surface area contributed by atoms with E-state index in [9.17, 15) is 14.5 Å². The van der Waals surface area contributed by atoms with Crippen LogP contribution in [0.5, 0.6) is 23.0 Å². The molecule has 0 unspecified atom stereocenters. The van der Waals surface area contributed by atoms with Gasteiger partial charge in [-0.25, -0.2) is 4.39 Å². The first-order valence-electron chi connectivity index (χ1n) is 7.90. The van der Waals surface area contributed by atoms with E-state index in [4.69, 9.17) is 18.9 Å². The number of hydrogen-bond donors (Lipinski definition) is 0. The summed E-state index contributed by atoms with van der Waals surface area (Å²) in [5.41, 5.74) is 0.822. The van der Waals surface area contributed by atoms with Crippen molar-refractivity contribution >= 4 is 6.08 Å². The van der Waals surface area contributed by atoms with Crippen LogP contribution >= 0.6 is 0 Å². The Kier molecular flexibility index (Phi) is 6.59. The minimum atomic E-state index is -0.596. The Morgan fingerprint density at radius 3 is 2.04 bits per heavy atom. The molecule has 2 rings (SSSR count). The Morgan fingerprint density at radius 1 is 1.00 bits per heavy atom. The van der Waals surface area contributed by atoms with Crippen LogP contribution in [0.25, 0.3) is 6.08 Å². The predicted octanol–water partition coefficient (Wildman–Crippen LogP) is 3.72. The van der Waals surface area contributed by atoms with Crippen molar-refractivity contribution in [2.45, 2.75) is 6.42 Å². The fraction of sp³-hybridized carbons (Fsp3) is 0.263. The maximum atomic E-state index is 13.8. The second-order valence-electron chi connectivity index (χ2n) is 5.50. The molecule has 27 heavy (non-hydrogen) atoms. The van der Waals surface area contributed by atoms with E-state index in [1.54, 1.807) is 18.2 Å². The first-order chi connectivity index (χ1) is 12.9. The SMILES string of the molecule is COc1ccc(/C=C(/Cc2cc(OC)c(OC)c(OC)c2)[N+](=O)[O-])cc1F. The number of benzene rings is 2. The fourth-order valence-electron chi connectivity index (χ4n) is 2.58. The zero-order chi connectivity index (χ0) is 20.0. The maximum Gasteiger partial charge on any atom is 0.251 e. The van der Waals surface area contributed by atoms with E-state index in [-0.39, 0.29) is 17.9 Å². The van der Waals surface area contributed by atoms with Crippen LogP contribution in [0.2, 0.25) is 0 Å². The van der Waals surface area contributed by atoms with Gasteiger partial charge in [-0.15, -0.1) is 0 Å². The summed E-state index contributed by atoms with van der Waals surface area (Å²) >= 11 is 0. The van der Waals surface area contributed by atoms with E-state index < -0.39 is 10.7 Å². The Bertz CT molecular complexity index is 840. The number of nitrogens with zero attached hydrogens (tertiary/aromatic N) is 1. The molecule has 144 valence electrons. The highest BCUT2D eigenvalue weighted by Gasteiger charge is 2.18. The van der Waals surface area contributed by atoms with Gasteiger partial charge in [-0.3, -0.25) is 10.1 Å². The number of methoxy groups -OCH3 is 4. The highest BCUT2D eigenvalue weighted by atomic mass is 19.1. The van der Waals surface area contributed by atoms with Crippen molar-refractivity contribution in [3.05, 3.63) is 63.1 Å². The number of hydrogen-bond acceptors (Lipinski definition) is 6. The lowest BCUT2D eigenvalue weighted by Crippen LogP contribution is -2.04. The molecule has 0 aliphatic rings. The molecular weight excluding hydrogens is 357 g/mol. The van der Waals surface area contributed by atoms with Crippen LogP contribution in [-0.2, 0) is 6.42 Å². The van der Waals surface area contributed by atoms with Gasteiger partial charge in [0.05, 0.1) is 39.8 Å². The molecule has 0 aliphatic heterocycles. The van der Waals surface area contributed by atoms with Crippen molar-refractivity contribution in [3.63, 3.8) is 0 Å². The Hall–Kier alpha value is -3.29. The summed E-state index contributed by atoms with van der Waals surface area (Å²) in [6.45, 7) is 0. The molecule has 0 heterocycles. The summed E-state index contributed by atoms with van der Waals surface area (Å²) < 4.78 is 34.5. The average Bonchev–Trinajstić information content (AvgIpc) is 2.66. The number of ether oxygens (including phenoxy) is 4. The van der Waals surface area contributed by atoms with E-state index in [0.29, 0.717) is 28.4 Å². The standard InChI is InChI=1S/C19H20FNO6/c1-24-16-6-5-12(9-15(16)20)7-14(21(22)23)8-13-10-17(25-2)19(27-4)18(11-13)26-3/h5-7,9-11H,8H2,1-4H3/b14-7-. The van der Waals surface area contributed by atoms with E-state index in [0.717, 1.165) is 0 Å². The van der Waals surface area contributed by atoms with Gasteiger partial charge in [0.1, 0.15) is 0 Å². The van der Waals surface area contributed by atoms with Gasteiger partial charge in [-0.05, 0) is 35.4 Å². The smallest absolute Gasteiger partial charge is 0.251 e. The second kappa shape index (κ2) is 8.88. The van der Waals surface area contributed by atoms with Crippen LogP contribution in [0.15, 0.2) is 36.0 Å². The average molecular weight is 377 g/mol. The first-order valence-corrected chi connectivity index (χ1v) is 7.90. The zero-order valence-electron chi connectivity index (χ0n) is 15.4. The lowest BCUT2D eigenvalue weighted by Gasteiger charge is -2.13. The third-order valence-electron chi connectivity index (χ3n) is 3.85. The lowest BCUT2D eigenvalue weighted by atomic mass is 10.1. The number of allylic oxidation sites excluding steroid dienone is 1. The quantitative estimate of drug-likeness (QED) is 0.515. The van der Waals surface area contributed by atoms with Gasteiger partial charge in [0, 0.05) is 6.08 Å². The van der Waals surface area contributed by atoms with Gasteiger partial charge >= 0.3 is 0 Å². The molecule has 0 spiro atoms. The molecule has 8 heteroatoms. The van der Waals surface area contributed by atoms with E-state index in [1.807, 2.05) is 0 Å². The highest BCUT2D eigenvalue weighted by Crippen LogP contribution is 2.38. The summed E-state index contributed by atoms with van der Waals surface area (Å²) in [5, 5.41) is 11.5. The van der Waals surface area contributed by atoms with Crippen molar-refractivity contribution in [3.8, 4) is 23.0 Å². The van der Waals surface area contributed by atoms with Gasteiger partial charge in [0.2, 0.25) is 5.75 Å². The van der Waals surface area contributed by atoms with Gasteiger partial charge < -0.3 is 18.9 Å². The van der Waals surface area contributed by atoms with Gasteiger partial charge in [0.15, 0.2) is 23.1 Å². The summed E-state index contributed by atoms with van der Waals surface area (Å²) in [6.07, 6.45) is 1.29. The van der Waals surface area contributed by atoms with Crippen molar-refractivity contribution < 1.29 is 28.3 Å². The predicted molar refractivity (Wildman–Crippen MR) is 97.7 cm³/mol. The molecule has 0 amide bonds. The van der Waals surface area contributed by atoms with Crippen LogP contribution in [0.3, 0.4) is 0 Å². The minimum Gasteiger partial charge on any atom is -0.494 e. The van der Waals surface area contributed by atoms with E-state index >= 15 is 0 Å². The molecule has 0 bridgehead atoms. The molecule has 0 N–H and O–H groups in total. The third kappa shape index (κ3) is 4.66. The Labute approximate surface area is 156 Å². The molecule has 0 saturated heterocycles. The minimum absolute atomic E-state index is 0.0165. The van der Waals surface area contributed by atoms with E-state index in [1.165, 1.54) is 46.6 Å². The molecule has 0 aromatic heterocycles. The lowest BCUT2D eigenvalue weighted by molar-refractivity contribution is -0.425. The zero-order valence-corrected chi connectivity index (χ0v) is 15.4. The third-order valence-corrected chi connectivity index (χ3v) is 3.85. The van der Waals surface area contributed by atoms with Crippen LogP contribution in [0.4, 0.5) is 4.39 Å². The summed E-state index contributed by atoms with van der Waals surface area (Å²) in [4.78, 5) is 11.0. The maximum absolute atomic E-state index is 13.8. The largest absolute Gasteiger partial charge is 0.494 e. The van der Waals surface area contributed by atoms with Gasteiger partial charge in [0.25, 0.3) is 5.70 Å². The summed E-state index contributed by atoms with van der Waals surface area (Å²) in [6, 6.07) is 7.40. The molecule has 0 radical (unpaired) electrons. The molecule has 7 nitrogen and oxygen atoms in total. The highest BCUT2D eigenvalue weighted by molar-refractivity contribution is 5.56. The second-order valence-corrected chi connectivity index (χ2v) is 5.50. The first kappa shape index (κ1) is 20.0. The van der Waals surface area contributed by atoms with Crippen molar-refractivity contribution in [1.82, 2.24) is 0 Å². The van der Waals surface area contributed by atoms with Crippen LogP contribution in [0.1, 0.15) is 11.1 Å². The molecular formula is C19H20FNO6. The summed E-state index contributed by atoms with van der Waals surface area (Å²) in [5.74, 6) is 0.656. The Balaban J connectivity index is 2.42. The summed E-state index contributed by atoms with van der Waals surface area (Å²) in [7, 11) is 5.75. The monoisotopic (exact) mass is 377 g/mol. The van der Waals surface area contributed by atoms with Crippen LogP contribution < -0.4 is 18.9 Å². The number of nitro groups is 1. The van der Waals surface area contributed by atoms with Crippen LogP contribution in [-0.4, -0.2) is 33.4 Å². The Morgan fingerprint density at radius 2 is 1.59 bits per heavy atom. The normalized spacial score (nSPS) is 11.1. The topological polar surface area (TPSA) is 80.1 Å². The van der Waals surface area contributed by atoms with E-state index in [2.05, 4.69) is 0 Å².